The monoisotopic (exact) mass is 295 g/mol. The summed E-state index contributed by atoms with van der Waals surface area (Å²) in [5.74, 6) is 1.61. The maximum Gasteiger partial charge on any atom is 0.205 e. The van der Waals surface area contributed by atoms with Gasteiger partial charge >= 0.3 is 0 Å². The molecule has 0 aliphatic heterocycles. The van der Waals surface area contributed by atoms with E-state index < -0.39 is 0 Å². The summed E-state index contributed by atoms with van der Waals surface area (Å²) in [6, 6.07) is 0.608. The SMILES string of the molecule is CCCC1CCCC(Nc2nnc(CC(C)C)s2)CC1. The average molecular weight is 295 g/mol. The Balaban J connectivity index is 1.82. The van der Waals surface area contributed by atoms with Gasteiger partial charge in [0.05, 0.1) is 0 Å². The first kappa shape index (κ1) is 15.7. The van der Waals surface area contributed by atoms with Crippen LogP contribution >= 0.6 is 11.3 Å². The molecule has 0 radical (unpaired) electrons. The molecule has 1 saturated carbocycles. The van der Waals surface area contributed by atoms with Crippen molar-refractivity contribution in [2.45, 2.75) is 78.2 Å². The van der Waals surface area contributed by atoms with Gasteiger partial charge in [-0.25, -0.2) is 0 Å². The molecular weight excluding hydrogens is 266 g/mol. The van der Waals surface area contributed by atoms with Gasteiger partial charge in [-0.05, 0) is 31.1 Å². The molecule has 1 fully saturated rings. The normalized spacial score (nSPS) is 23.8. The van der Waals surface area contributed by atoms with Crippen LogP contribution in [0.2, 0.25) is 0 Å². The first-order valence-corrected chi connectivity index (χ1v) is 9.08. The molecule has 20 heavy (non-hydrogen) atoms. The molecule has 1 aromatic rings. The number of hydrogen-bond donors (Lipinski definition) is 1. The molecule has 2 rings (SSSR count). The highest BCUT2D eigenvalue weighted by Crippen LogP contribution is 2.29. The largest absolute Gasteiger partial charge is 0.357 e. The molecule has 2 unspecified atom stereocenters. The molecule has 3 nitrogen and oxygen atoms in total. The standard InChI is InChI=1S/C16H29N3S/c1-4-6-13-7-5-8-14(10-9-13)17-16-19-18-15(20-16)11-12(2)3/h12-14H,4-11H2,1-3H3,(H,17,19). The Morgan fingerprint density at radius 3 is 2.80 bits per heavy atom. The van der Waals surface area contributed by atoms with Crippen LogP contribution in [0.3, 0.4) is 0 Å². The van der Waals surface area contributed by atoms with Crippen LogP contribution in [0.25, 0.3) is 0 Å². The molecule has 0 aromatic carbocycles. The van der Waals surface area contributed by atoms with Gasteiger partial charge in [0.2, 0.25) is 5.13 Å². The van der Waals surface area contributed by atoms with Crippen LogP contribution in [0.15, 0.2) is 0 Å². The smallest absolute Gasteiger partial charge is 0.205 e. The van der Waals surface area contributed by atoms with Crippen molar-refractivity contribution in [3.05, 3.63) is 5.01 Å². The van der Waals surface area contributed by atoms with E-state index in [9.17, 15) is 0 Å². The molecule has 1 heterocycles. The van der Waals surface area contributed by atoms with Crippen LogP contribution in [0.4, 0.5) is 5.13 Å². The summed E-state index contributed by atoms with van der Waals surface area (Å²) in [4.78, 5) is 0. The second-order valence-electron chi connectivity index (χ2n) is 6.60. The van der Waals surface area contributed by atoms with Crippen molar-refractivity contribution in [1.29, 1.82) is 0 Å². The third-order valence-corrected chi connectivity index (χ3v) is 5.04. The summed E-state index contributed by atoms with van der Waals surface area (Å²) in [6.07, 6.45) is 10.5. The van der Waals surface area contributed by atoms with E-state index in [1.165, 1.54) is 50.0 Å². The Bertz CT molecular complexity index is 389. The second kappa shape index (κ2) is 7.96. The van der Waals surface area contributed by atoms with Crippen molar-refractivity contribution < 1.29 is 0 Å². The minimum Gasteiger partial charge on any atom is -0.357 e. The molecule has 2 atom stereocenters. The number of hydrogen-bond acceptors (Lipinski definition) is 4. The van der Waals surface area contributed by atoms with Crippen molar-refractivity contribution >= 4 is 16.5 Å². The highest BCUT2D eigenvalue weighted by Gasteiger charge is 2.19. The quantitative estimate of drug-likeness (QED) is 0.759. The van der Waals surface area contributed by atoms with Crippen molar-refractivity contribution in [3.8, 4) is 0 Å². The molecular formula is C16H29N3S. The predicted octanol–water partition coefficient (Wildman–Crippen LogP) is 4.90. The van der Waals surface area contributed by atoms with Crippen LogP contribution in [0.5, 0.6) is 0 Å². The Morgan fingerprint density at radius 2 is 2.05 bits per heavy atom. The van der Waals surface area contributed by atoms with Crippen LogP contribution in [-0.4, -0.2) is 16.2 Å². The van der Waals surface area contributed by atoms with Gasteiger partial charge in [0.15, 0.2) is 0 Å². The van der Waals surface area contributed by atoms with Crippen molar-refractivity contribution in [1.82, 2.24) is 10.2 Å². The average Bonchev–Trinajstić information content (AvgIpc) is 2.69. The van der Waals surface area contributed by atoms with Gasteiger partial charge in [-0.3, -0.25) is 0 Å². The molecule has 4 heteroatoms. The summed E-state index contributed by atoms with van der Waals surface area (Å²) in [5.41, 5.74) is 0. The van der Waals surface area contributed by atoms with Gasteiger partial charge in [-0.15, -0.1) is 10.2 Å². The lowest BCUT2D eigenvalue weighted by molar-refractivity contribution is 0.422. The van der Waals surface area contributed by atoms with Crippen LogP contribution in [0, 0.1) is 11.8 Å². The summed E-state index contributed by atoms with van der Waals surface area (Å²) in [6.45, 7) is 6.76. The minimum atomic E-state index is 0.608. The molecule has 1 N–H and O–H groups in total. The highest BCUT2D eigenvalue weighted by atomic mass is 32.1. The van der Waals surface area contributed by atoms with Gasteiger partial charge in [-0.1, -0.05) is 57.8 Å². The van der Waals surface area contributed by atoms with Gasteiger partial charge in [0, 0.05) is 12.5 Å². The number of nitrogens with zero attached hydrogens (tertiary/aromatic N) is 2. The Morgan fingerprint density at radius 1 is 1.20 bits per heavy atom. The van der Waals surface area contributed by atoms with Gasteiger partial charge < -0.3 is 5.32 Å². The fourth-order valence-corrected chi connectivity index (χ4v) is 4.17. The lowest BCUT2D eigenvalue weighted by atomic mass is 9.95. The molecule has 0 saturated heterocycles. The first-order valence-electron chi connectivity index (χ1n) is 8.26. The van der Waals surface area contributed by atoms with Crippen LogP contribution in [-0.2, 0) is 6.42 Å². The Hall–Kier alpha value is -0.640. The van der Waals surface area contributed by atoms with E-state index in [1.54, 1.807) is 11.3 Å². The third-order valence-electron chi connectivity index (χ3n) is 4.16. The van der Waals surface area contributed by atoms with E-state index in [0.717, 1.165) is 17.5 Å². The zero-order valence-corrected chi connectivity index (χ0v) is 14.0. The molecule has 1 aliphatic carbocycles. The molecule has 0 spiro atoms. The topological polar surface area (TPSA) is 37.8 Å². The predicted molar refractivity (Wildman–Crippen MR) is 87.3 cm³/mol. The number of nitrogens with one attached hydrogen (secondary N) is 1. The maximum atomic E-state index is 4.31. The van der Waals surface area contributed by atoms with E-state index in [-0.39, 0.29) is 0 Å². The lowest BCUT2D eigenvalue weighted by Gasteiger charge is -2.15. The summed E-state index contributed by atoms with van der Waals surface area (Å²) in [7, 11) is 0. The van der Waals surface area contributed by atoms with Gasteiger partial charge in [0.1, 0.15) is 5.01 Å². The Labute approximate surface area is 127 Å². The Kier molecular flexibility index (Phi) is 6.27. The van der Waals surface area contributed by atoms with Crippen molar-refractivity contribution in [2.24, 2.45) is 11.8 Å². The fraction of sp³-hybridized carbons (Fsp3) is 0.875. The van der Waals surface area contributed by atoms with Crippen LogP contribution in [0.1, 0.15) is 70.7 Å². The van der Waals surface area contributed by atoms with E-state index in [4.69, 9.17) is 0 Å². The molecule has 0 bridgehead atoms. The third kappa shape index (κ3) is 5.04. The zero-order valence-electron chi connectivity index (χ0n) is 13.2. The first-order chi connectivity index (χ1) is 9.67. The minimum absolute atomic E-state index is 0.608. The summed E-state index contributed by atoms with van der Waals surface area (Å²) < 4.78 is 0. The molecule has 0 amide bonds. The van der Waals surface area contributed by atoms with E-state index >= 15 is 0 Å². The number of aromatic nitrogens is 2. The van der Waals surface area contributed by atoms with Crippen LogP contribution < -0.4 is 5.32 Å². The van der Waals surface area contributed by atoms with E-state index in [0.29, 0.717) is 12.0 Å². The van der Waals surface area contributed by atoms with Gasteiger partial charge in [0.25, 0.3) is 0 Å². The molecule has 114 valence electrons. The van der Waals surface area contributed by atoms with E-state index in [2.05, 4.69) is 36.3 Å². The molecule has 1 aromatic heterocycles. The second-order valence-corrected chi connectivity index (χ2v) is 7.67. The van der Waals surface area contributed by atoms with Crippen molar-refractivity contribution in [3.63, 3.8) is 0 Å². The van der Waals surface area contributed by atoms with E-state index in [1.807, 2.05) is 0 Å². The van der Waals surface area contributed by atoms with Crippen molar-refractivity contribution in [2.75, 3.05) is 5.32 Å². The lowest BCUT2D eigenvalue weighted by Crippen LogP contribution is -2.18. The number of anilines is 1. The summed E-state index contributed by atoms with van der Waals surface area (Å²) >= 11 is 1.74. The zero-order chi connectivity index (χ0) is 14.4. The molecule has 1 aliphatic rings. The number of rotatable bonds is 6. The highest BCUT2D eigenvalue weighted by molar-refractivity contribution is 7.15. The summed E-state index contributed by atoms with van der Waals surface area (Å²) in [5, 5.41) is 14.4. The fourth-order valence-electron chi connectivity index (χ4n) is 3.14. The van der Waals surface area contributed by atoms with Gasteiger partial charge in [-0.2, -0.15) is 0 Å². The maximum absolute atomic E-state index is 4.31.